The van der Waals surface area contributed by atoms with Crippen molar-refractivity contribution in [2.75, 3.05) is 24.6 Å². The van der Waals surface area contributed by atoms with Gasteiger partial charge in [0.15, 0.2) is 0 Å². The lowest BCUT2D eigenvalue weighted by molar-refractivity contribution is 0.386. The molecule has 0 aliphatic heterocycles. The highest BCUT2D eigenvalue weighted by Gasteiger charge is 2.12. The van der Waals surface area contributed by atoms with Crippen LogP contribution in [0.3, 0.4) is 0 Å². The van der Waals surface area contributed by atoms with Crippen molar-refractivity contribution in [3.05, 3.63) is 0 Å². The zero-order valence-corrected chi connectivity index (χ0v) is 21.8. The highest BCUT2D eigenvalue weighted by molar-refractivity contribution is 8.77. The lowest BCUT2D eigenvalue weighted by Gasteiger charge is -2.18. The SMILES string of the molecule is Cl.Cl.NC(CSSCC(N)=NCC1CCCCCCC1)=NCC1CCCCCCC1. The molecule has 30 heavy (non-hydrogen) atoms. The average molecular weight is 500 g/mol. The second-order valence-corrected chi connectivity index (χ2v) is 11.1. The van der Waals surface area contributed by atoms with E-state index in [4.69, 9.17) is 11.5 Å². The normalized spacial score (nSPS) is 20.8. The van der Waals surface area contributed by atoms with E-state index in [1.165, 1.54) is 89.9 Å². The number of halogens is 2. The lowest BCUT2D eigenvalue weighted by atomic mass is 9.91. The Hall–Kier alpha value is 0.220. The molecule has 0 radical (unpaired) electrons. The van der Waals surface area contributed by atoms with Crippen LogP contribution in [0.4, 0.5) is 0 Å². The predicted molar refractivity (Wildman–Crippen MR) is 144 cm³/mol. The van der Waals surface area contributed by atoms with Crippen molar-refractivity contribution < 1.29 is 0 Å². The zero-order valence-electron chi connectivity index (χ0n) is 18.6. The Kier molecular flexibility index (Phi) is 20.0. The van der Waals surface area contributed by atoms with Gasteiger partial charge in [0.25, 0.3) is 0 Å². The molecule has 4 N–H and O–H groups in total. The van der Waals surface area contributed by atoms with Crippen LogP contribution >= 0.6 is 46.4 Å². The monoisotopic (exact) mass is 498 g/mol. The first kappa shape index (κ1) is 30.2. The molecule has 0 spiro atoms. The fraction of sp³-hybridized carbons (Fsp3) is 0.909. The molecule has 0 bridgehead atoms. The van der Waals surface area contributed by atoms with Crippen molar-refractivity contribution in [3.63, 3.8) is 0 Å². The lowest BCUT2D eigenvalue weighted by Crippen LogP contribution is -2.19. The largest absolute Gasteiger partial charge is 0.387 e. The first-order valence-corrected chi connectivity index (χ1v) is 14.0. The van der Waals surface area contributed by atoms with E-state index in [1.54, 1.807) is 21.6 Å². The summed E-state index contributed by atoms with van der Waals surface area (Å²) in [6.45, 7) is 1.84. The Morgan fingerprint density at radius 3 is 1.20 bits per heavy atom. The van der Waals surface area contributed by atoms with E-state index in [-0.39, 0.29) is 24.8 Å². The second-order valence-electron chi connectivity index (χ2n) is 8.61. The minimum atomic E-state index is 0. The number of nitrogens with two attached hydrogens (primary N) is 2. The van der Waals surface area contributed by atoms with Gasteiger partial charge in [-0.2, -0.15) is 0 Å². The maximum Gasteiger partial charge on any atom is 0.105 e. The van der Waals surface area contributed by atoms with Crippen molar-refractivity contribution in [2.24, 2.45) is 33.3 Å². The van der Waals surface area contributed by atoms with E-state index in [0.717, 1.165) is 48.1 Å². The van der Waals surface area contributed by atoms with Gasteiger partial charge in [0.2, 0.25) is 0 Å². The summed E-state index contributed by atoms with van der Waals surface area (Å²) >= 11 is 0. The topological polar surface area (TPSA) is 76.8 Å². The quantitative estimate of drug-likeness (QED) is 0.161. The molecule has 0 amide bonds. The number of nitrogens with zero attached hydrogens (tertiary/aromatic N) is 2. The van der Waals surface area contributed by atoms with Crippen molar-refractivity contribution in [1.82, 2.24) is 0 Å². The Balaban J connectivity index is 0.00000420. The van der Waals surface area contributed by atoms with Crippen LogP contribution in [-0.4, -0.2) is 36.3 Å². The van der Waals surface area contributed by atoms with Gasteiger partial charge in [-0.25, -0.2) is 0 Å². The second kappa shape index (κ2) is 19.9. The smallest absolute Gasteiger partial charge is 0.105 e. The molecular weight excluding hydrogens is 455 g/mol. The molecule has 8 heteroatoms. The van der Waals surface area contributed by atoms with E-state index in [2.05, 4.69) is 9.98 Å². The Morgan fingerprint density at radius 1 is 0.567 bits per heavy atom. The molecule has 2 saturated carbocycles. The molecule has 0 aromatic carbocycles. The van der Waals surface area contributed by atoms with Gasteiger partial charge in [-0.3, -0.25) is 9.98 Å². The molecule has 2 rings (SSSR count). The van der Waals surface area contributed by atoms with Crippen molar-refractivity contribution >= 4 is 58.1 Å². The summed E-state index contributed by atoms with van der Waals surface area (Å²) in [6, 6.07) is 0. The minimum Gasteiger partial charge on any atom is -0.387 e. The van der Waals surface area contributed by atoms with E-state index in [1.807, 2.05) is 0 Å². The standard InChI is InChI=1S/C22H42N4S2.2ClH/c23-21(25-15-19-11-7-3-1-4-8-12-19)17-27-28-18-22(24)26-16-20-13-9-5-2-6-10-14-20;;/h19-20H,1-18H2,(H2,23,25)(H2,24,26);2*1H. The van der Waals surface area contributed by atoms with Crippen LogP contribution in [-0.2, 0) is 0 Å². The van der Waals surface area contributed by atoms with Crippen molar-refractivity contribution in [2.45, 2.75) is 89.9 Å². The summed E-state index contributed by atoms with van der Waals surface area (Å²) in [5, 5.41) is 0. The summed E-state index contributed by atoms with van der Waals surface area (Å²) in [5.74, 6) is 4.62. The van der Waals surface area contributed by atoms with Gasteiger partial charge in [-0.1, -0.05) is 85.8 Å². The van der Waals surface area contributed by atoms with E-state index < -0.39 is 0 Å². The molecule has 0 atom stereocenters. The van der Waals surface area contributed by atoms with Gasteiger partial charge in [-0.15, -0.1) is 24.8 Å². The number of rotatable bonds is 9. The third-order valence-corrected chi connectivity index (χ3v) is 8.25. The summed E-state index contributed by atoms with van der Waals surface area (Å²) < 4.78 is 0. The molecule has 0 aromatic heterocycles. The summed E-state index contributed by atoms with van der Waals surface area (Å²) in [7, 11) is 3.50. The van der Waals surface area contributed by atoms with Crippen LogP contribution in [0.15, 0.2) is 9.98 Å². The molecule has 4 nitrogen and oxygen atoms in total. The van der Waals surface area contributed by atoms with Crippen LogP contribution < -0.4 is 11.5 Å². The summed E-state index contributed by atoms with van der Waals surface area (Å²) in [5.41, 5.74) is 12.2. The van der Waals surface area contributed by atoms with Crippen molar-refractivity contribution in [1.29, 1.82) is 0 Å². The third kappa shape index (κ3) is 15.1. The van der Waals surface area contributed by atoms with Gasteiger partial charge < -0.3 is 11.5 Å². The summed E-state index contributed by atoms with van der Waals surface area (Å²) in [6.07, 6.45) is 19.2. The fourth-order valence-corrected chi connectivity index (χ4v) is 6.05. The third-order valence-electron chi connectivity index (χ3n) is 6.05. The highest BCUT2D eigenvalue weighted by Crippen LogP contribution is 2.24. The molecule has 2 aliphatic carbocycles. The first-order valence-electron chi connectivity index (χ1n) is 11.6. The van der Waals surface area contributed by atoms with E-state index in [9.17, 15) is 0 Å². The molecule has 178 valence electrons. The van der Waals surface area contributed by atoms with Crippen LogP contribution in [0.25, 0.3) is 0 Å². The molecule has 2 aliphatic rings. The molecule has 0 aromatic rings. The van der Waals surface area contributed by atoms with Gasteiger partial charge in [-0.05, 0) is 37.5 Å². The molecular formula is C22H44Cl2N4S2. The van der Waals surface area contributed by atoms with Crippen LogP contribution in [0.1, 0.15) is 89.9 Å². The minimum absolute atomic E-state index is 0. The Labute approximate surface area is 205 Å². The molecule has 0 unspecified atom stereocenters. The Morgan fingerprint density at radius 2 is 0.867 bits per heavy atom. The van der Waals surface area contributed by atoms with Crippen LogP contribution in [0.2, 0.25) is 0 Å². The maximum absolute atomic E-state index is 6.12. The average Bonchev–Trinajstić information content (AvgIpc) is 2.63. The molecule has 2 fully saturated rings. The van der Waals surface area contributed by atoms with Crippen LogP contribution in [0, 0.1) is 11.8 Å². The fourth-order valence-electron chi connectivity index (χ4n) is 4.23. The van der Waals surface area contributed by atoms with Crippen molar-refractivity contribution in [3.8, 4) is 0 Å². The number of hydrogen-bond donors (Lipinski definition) is 2. The van der Waals surface area contributed by atoms with Gasteiger partial charge in [0, 0.05) is 13.1 Å². The predicted octanol–water partition coefficient (Wildman–Crippen LogP) is 6.65. The first-order chi connectivity index (χ1) is 13.7. The number of amidine groups is 2. The molecule has 0 heterocycles. The van der Waals surface area contributed by atoms with Gasteiger partial charge in [0.1, 0.15) is 11.7 Å². The van der Waals surface area contributed by atoms with E-state index >= 15 is 0 Å². The van der Waals surface area contributed by atoms with Gasteiger partial charge >= 0.3 is 0 Å². The zero-order chi connectivity index (χ0) is 19.9. The molecule has 0 saturated heterocycles. The van der Waals surface area contributed by atoms with E-state index in [0.29, 0.717) is 0 Å². The highest BCUT2D eigenvalue weighted by atomic mass is 35.5. The van der Waals surface area contributed by atoms with Crippen LogP contribution in [0.5, 0.6) is 0 Å². The maximum atomic E-state index is 6.12. The number of aliphatic imine (C=N–C) groups is 2. The summed E-state index contributed by atoms with van der Waals surface area (Å²) in [4.78, 5) is 9.30. The number of hydrogen-bond acceptors (Lipinski definition) is 4. The van der Waals surface area contributed by atoms with Gasteiger partial charge in [0.05, 0.1) is 11.5 Å². The Bertz CT molecular complexity index is 420.